The molecule has 0 radical (unpaired) electrons. The first kappa shape index (κ1) is 14.8. The molecule has 0 saturated carbocycles. The van der Waals surface area contributed by atoms with E-state index in [-0.39, 0.29) is 5.91 Å². The van der Waals surface area contributed by atoms with Crippen LogP contribution in [0.25, 0.3) is 0 Å². The zero-order valence-corrected chi connectivity index (χ0v) is 12.4. The van der Waals surface area contributed by atoms with E-state index >= 15 is 0 Å². The standard InChI is InChI=1S/C15H23N3O2/c1-4-16-13-10-12(9-11(2)17-13)14(19)18-7-5-15(3,20)6-8-18/h9-10,20H,4-8H2,1-3H3,(H,16,17). The zero-order chi connectivity index (χ0) is 14.8. The van der Waals surface area contributed by atoms with Crippen molar-refractivity contribution in [2.75, 3.05) is 25.0 Å². The third-order valence-electron chi connectivity index (χ3n) is 3.69. The van der Waals surface area contributed by atoms with E-state index in [4.69, 9.17) is 0 Å². The van der Waals surface area contributed by atoms with E-state index in [0.717, 1.165) is 18.1 Å². The van der Waals surface area contributed by atoms with E-state index in [0.29, 0.717) is 31.5 Å². The largest absolute Gasteiger partial charge is 0.390 e. The Balaban J connectivity index is 2.13. The van der Waals surface area contributed by atoms with Crippen LogP contribution in [0.4, 0.5) is 5.82 Å². The summed E-state index contributed by atoms with van der Waals surface area (Å²) in [5.41, 5.74) is 0.852. The van der Waals surface area contributed by atoms with Gasteiger partial charge in [0.05, 0.1) is 5.60 Å². The molecule has 0 bridgehead atoms. The number of hydrogen-bond donors (Lipinski definition) is 2. The van der Waals surface area contributed by atoms with E-state index in [1.807, 2.05) is 31.7 Å². The van der Waals surface area contributed by atoms with Gasteiger partial charge in [-0.2, -0.15) is 0 Å². The predicted octanol–water partition coefficient (Wildman–Crippen LogP) is 1.81. The van der Waals surface area contributed by atoms with Gasteiger partial charge in [-0.15, -0.1) is 0 Å². The van der Waals surface area contributed by atoms with Crippen molar-refractivity contribution in [3.05, 3.63) is 23.4 Å². The van der Waals surface area contributed by atoms with Gasteiger partial charge in [-0.1, -0.05) is 0 Å². The third kappa shape index (κ3) is 3.48. The maximum Gasteiger partial charge on any atom is 0.254 e. The van der Waals surface area contributed by atoms with Crippen LogP contribution < -0.4 is 5.32 Å². The van der Waals surface area contributed by atoms with Crippen LogP contribution in [0.1, 0.15) is 42.7 Å². The molecular weight excluding hydrogens is 254 g/mol. The van der Waals surface area contributed by atoms with Gasteiger partial charge in [-0.25, -0.2) is 4.98 Å². The fourth-order valence-electron chi connectivity index (χ4n) is 2.44. The number of aromatic nitrogens is 1. The monoisotopic (exact) mass is 277 g/mol. The van der Waals surface area contributed by atoms with Crippen LogP contribution in [-0.4, -0.2) is 46.1 Å². The molecule has 2 rings (SSSR count). The molecule has 1 amide bonds. The number of hydrogen-bond acceptors (Lipinski definition) is 4. The molecule has 0 aliphatic carbocycles. The first-order valence-electron chi connectivity index (χ1n) is 7.15. The summed E-state index contributed by atoms with van der Waals surface area (Å²) in [6.07, 6.45) is 1.26. The molecule has 1 aliphatic rings. The van der Waals surface area contributed by atoms with Gasteiger partial charge in [-0.05, 0) is 45.7 Å². The van der Waals surface area contributed by atoms with Crippen molar-refractivity contribution in [2.24, 2.45) is 0 Å². The van der Waals surface area contributed by atoms with Crippen molar-refractivity contribution in [1.29, 1.82) is 0 Å². The minimum atomic E-state index is -0.639. The van der Waals surface area contributed by atoms with E-state index in [2.05, 4.69) is 10.3 Å². The van der Waals surface area contributed by atoms with E-state index in [9.17, 15) is 9.90 Å². The number of nitrogens with one attached hydrogen (secondary N) is 1. The topological polar surface area (TPSA) is 65.5 Å². The fourth-order valence-corrected chi connectivity index (χ4v) is 2.44. The summed E-state index contributed by atoms with van der Waals surface area (Å²) in [6.45, 7) is 7.69. The number of anilines is 1. The van der Waals surface area contributed by atoms with Crippen LogP contribution in [0.3, 0.4) is 0 Å². The number of carbonyl (C=O) groups is 1. The number of nitrogens with zero attached hydrogens (tertiary/aromatic N) is 2. The SMILES string of the molecule is CCNc1cc(C(=O)N2CCC(C)(O)CC2)cc(C)n1. The molecule has 2 heterocycles. The molecule has 0 atom stereocenters. The van der Waals surface area contributed by atoms with Crippen molar-refractivity contribution in [3.63, 3.8) is 0 Å². The van der Waals surface area contributed by atoms with Gasteiger partial charge in [0.2, 0.25) is 0 Å². The van der Waals surface area contributed by atoms with Crippen LogP contribution in [-0.2, 0) is 0 Å². The summed E-state index contributed by atoms with van der Waals surface area (Å²) < 4.78 is 0. The Hall–Kier alpha value is -1.62. The second-order valence-corrected chi connectivity index (χ2v) is 5.70. The Morgan fingerprint density at radius 3 is 2.70 bits per heavy atom. The molecule has 5 heteroatoms. The normalized spacial score (nSPS) is 17.9. The quantitative estimate of drug-likeness (QED) is 0.884. The van der Waals surface area contributed by atoms with E-state index in [1.54, 1.807) is 6.07 Å². The highest BCUT2D eigenvalue weighted by Crippen LogP contribution is 2.23. The first-order chi connectivity index (χ1) is 9.41. The maximum atomic E-state index is 12.5. The Kier molecular flexibility index (Phi) is 4.28. The number of amides is 1. The second-order valence-electron chi connectivity index (χ2n) is 5.70. The molecule has 5 nitrogen and oxygen atoms in total. The minimum Gasteiger partial charge on any atom is -0.390 e. The van der Waals surface area contributed by atoms with Crippen molar-refractivity contribution in [2.45, 2.75) is 39.2 Å². The summed E-state index contributed by atoms with van der Waals surface area (Å²) in [5, 5.41) is 13.1. The van der Waals surface area contributed by atoms with Gasteiger partial charge >= 0.3 is 0 Å². The van der Waals surface area contributed by atoms with E-state index in [1.165, 1.54) is 0 Å². The zero-order valence-electron chi connectivity index (χ0n) is 12.4. The number of aliphatic hydroxyl groups is 1. The Morgan fingerprint density at radius 1 is 1.45 bits per heavy atom. The van der Waals surface area contributed by atoms with Crippen molar-refractivity contribution in [1.82, 2.24) is 9.88 Å². The van der Waals surface area contributed by atoms with Crippen molar-refractivity contribution >= 4 is 11.7 Å². The first-order valence-corrected chi connectivity index (χ1v) is 7.15. The molecule has 1 aliphatic heterocycles. The molecule has 1 aromatic heterocycles. The number of carbonyl (C=O) groups excluding carboxylic acids is 1. The lowest BCUT2D eigenvalue weighted by Gasteiger charge is -2.35. The number of pyridine rings is 1. The average molecular weight is 277 g/mol. The highest BCUT2D eigenvalue weighted by atomic mass is 16.3. The highest BCUT2D eigenvalue weighted by molar-refractivity contribution is 5.95. The molecule has 110 valence electrons. The lowest BCUT2D eigenvalue weighted by molar-refractivity contribution is -0.00203. The van der Waals surface area contributed by atoms with Crippen LogP contribution in [0.2, 0.25) is 0 Å². The molecule has 1 aromatic rings. The molecule has 20 heavy (non-hydrogen) atoms. The number of rotatable bonds is 3. The van der Waals surface area contributed by atoms with Crippen molar-refractivity contribution < 1.29 is 9.90 Å². The Labute approximate surface area is 120 Å². The highest BCUT2D eigenvalue weighted by Gasteiger charge is 2.30. The fraction of sp³-hybridized carbons (Fsp3) is 0.600. The van der Waals surface area contributed by atoms with Crippen LogP contribution in [0.15, 0.2) is 12.1 Å². The van der Waals surface area contributed by atoms with Crippen LogP contribution >= 0.6 is 0 Å². The average Bonchev–Trinajstić information content (AvgIpc) is 2.37. The van der Waals surface area contributed by atoms with Gasteiger partial charge in [-0.3, -0.25) is 4.79 Å². The lowest BCUT2D eigenvalue weighted by Crippen LogP contribution is -2.45. The number of likely N-dealkylation sites (tertiary alicyclic amines) is 1. The minimum absolute atomic E-state index is 0.0187. The summed E-state index contributed by atoms with van der Waals surface area (Å²) >= 11 is 0. The molecule has 2 N–H and O–H groups in total. The third-order valence-corrected chi connectivity index (χ3v) is 3.69. The summed E-state index contributed by atoms with van der Waals surface area (Å²) in [7, 11) is 0. The molecule has 0 spiro atoms. The predicted molar refractivity (Wildman–Crippen MR) is 78.9 cm³/mol. The van der Waals surface area contributed by atoms with Crippen molar-refractivity contribution in [3.8, 4) is 0 Å². The van der Waals surface area contributed by atoms with Gasteiger partial charge in [0.1, 0.15) is 5.82 Å². The molecule has 0 unspecified atom stereocenters. The lowest BCUT2D eigenvalue weighted by atomic mass is 9.93. The Morgan fingerprint density at radius 2 is 2.10 bits per heavy atom. The number of aryl methyl sites for hydroxylation is 1. The summed E-state index contributed by atoms with van der Waals surface area (Å²) in [5.74, 6) is 0.755. The van der Waals surface area contributed by atoms with Gasteiger partial charge < -0.3 is 15.3 Å². The van der Waals surface area contributed by atoms with Gasteiger partial charge in [0.25, 0.3) is 5.91 Å². The van der Waals surface area contributed by atoms with E-state index < -0.39 is 5.60 Å². The van der Waals surface area contributed by atoms with Crippen LogP contribution in [0.5, 0.6) is 0 Å². The van der Waals surface area contributed by atoms with Gasteiger partial charge in [0, 0.05) is 30.9 Å². The smallest absolute Gasteiger partial charge is 0.254 e. The molecule has 0 aromatic carbocycles. The number of piperidine rings is 1. The maximum absolute atomic E-state index is 12.5. The van der Waals surface area contributed by atoms with Crippen LogP contribution in [0, 0.1) is 6.92 Å². The summed E-state index contributed by atoms with van der Waals surface area (Å²) in [4.78, 5) is 18.7. The Bertz CT molecular complexity index is 490. The second kappa shape index (κ2) is 5.79. The summed E-state index contributed by atoms with van der Waals surface area (Å²) in [6, 6.07) is 3.61. The molecule has 1 saturated heterocycles. The molecule has 1 fully saturated rings. The van der Waals surface area contributed by atoms with Gasteiger partial charge in [0.15, 0.2) is 0 Å². The molecular formula is C15H23N3O2.